The third-order valence-corrected chi connectivity index (χ3v) is 4.28. The molecule has 4 heteroatoms. The maximum absolute atomic E-state index is 9.70. The van der Waals surface area contributed by atoms with Crippen LogP contribution in [-0.4, -0.2) is 35.7 Å². The molecule has 90 valence electrons. The first kappa shape index (κ1) is 12.0. The molecular formula is C12H20N2OS. The van der Waals surface area contributed by atoms with Gasteiger partial charge in [-0.05, 0) is 38.4 Å². The van der Waals surface area contributed by atoms with Gasteiger partial charge < -0.3 is 10.8 Å². The second-order valence-corrected chi connectivity index (χ2v) is 5.81. The number of aryl methyl sites for hydroxylation is 1. The van der Waals surface area contributed by atoms with Crippen LogP contribution < -0.4 is 5.73 Å². The van der Waals surface area contributed by atoms with Crippen LogP contribution in [0.2, 0.25) is 0 Å². The summed E-state index contributed by atoms with van der Waals surface area (Å²) in [6.07, 6.45) is 1.82. The summed E-state index contributed by atoms with van der Waals surface area (Å²) in [7, 11) is 0. The fourth-order valence-corrected chi connectivity index (χ4v) is 3.37. The number of thiophene rings is 1. The number of aliphatic hydroxyl groups is 1. The Hall–Kier alpha value is -0.420. The smallest absolute Gasteiger partial charge is 0.0667 e. The minimum absolute atomic E-state index is 0.177. The molecule has 2 rings (SSSR count). The zero-order valence-corrected chi connectivity index (χ0v) is 10.5. The summed E-state index contributed by atoms with van der Waals surface area (Å²) in [5, 5.41) is 9.70. The number of nitrogens with zero attached hydrogens (tertiary/aromatic N) is 1. The average Bonchev–Trinajstić information content (AvgIpc) is 2.66. The minimum Gasteiger partial charge on any atom is -0.392 e. The van der Waals surface area contributed by atoms with Crippen molar-refractivity contribution < 1.29 is 5.11 Å². The monoisotopic (exact) mass is 240 g/mol. The Balaban J connectivity index is 2.09. The van der Waals surface area contributed by atoms with Gasteiger partial charge in [-0.15, -0.1) is 11.3 Å². The van der Waals surface area contributed by atoms with Crippen LogP contribution in [-0.2, 0) is 0 Å². The van der Waals surface area contributed by atoms with Crippen molar-refractivity contribution in [3.05, 3.63) is 21.9 Å². The number of hydrogen-bond acceptors (Lipinski definition) is 4. The van der Waals surface area contributed by atoms with Gasteiger partial charge in [0.15, 0.2) is 0 Å². The minimum atomic E-state index is -0.177. The van der Waals surface area contributed by atoms with Gasteiger partial charge in [-0.1, -0.05) is 0 Å². The Bertz CT molecular complexity index is 340. The van der Waals surface area contributed by atoms with Crippen molar-refractivity contribution in [1.82, 2.24) is 4.90 Å². The van der Waals surface area contributed by atoms with Crippen LogP contribution >= 0.6 is 11.3 Å². The van der Waals surface area contributed by atoms with E-state index in [0.717, 1.165) is 25.9 Å². The number of piperidine rings is 1. The molecule has 1 aliphatic rings. The molecule has 3 nitrogen and oxygen atoms in total. The number of hydrogen-bond donors (Lipinski definition) is 2. The van der Waals surface area contributed by atoms with Gasteiger partial charge in [-0.2, -0.15) is 0 Å². The van der Waals surface area contributed by atoms with E-state index < -0.39 is 0 Å². The molecule has 1 aromatic heterocycles. The topological polar surface area (TPSA) is 49.5 Å². The lowest BCUT2D eigenvalue weighted by molar-refractivity contribution is 0.0488. The first-order valence-electron chi connectivity index (χ1n) is 5.89. The largest absolute Gasteiger partial charge is 0.392 e. The molecule has 2 atom stereocenters. The van der Waals surface area contributed by atoms with Crippen LogP contribution in [0.25, 0.3) is 0 Å². The predicted octanol–water partition coefficient (Wildman–Crippen LogP) is 1.51. The highest BCUT2D eigenvalue weighted by Gasteiger charge is 2.25. The highest BCUT2D eigenvalue weighted by atomic mass is 32.1. The first-order chi connectivity index (χ1) is 7.70. The summed E-state index contributed by atoms with van der Waals surface area (Å²) in [6.45, 7) is 4.56. The molecular weight excluding hydrogens is 220 g/mol. The lowest BCUT2D eigenvalue weighted by Crippen LogP contribution is -2.42. The maximum atomic E-state index is 9.70. The molecule has 1 aliphatic heterocycles. The molecule has 1 fully saturated rings. The van der Waals surface area contributed by atoms with E-state index in [1.807, 2.05) is 11.3 Å². The molecule has 0 aromatic carbocycles. The van der Waals surface area contributed by atoms with E-state index in [1.54, 1.807) is 0 Å². The molecule has 0 radical (unpaired) electrons. The van der Waals surface area contributed by atoms with Gasteiger partial charge in [-0.25, -0.2) is 0 Å². The van der Waals surface area contributed by atoms with Gasteiger partial charge in [0.05, 0.1) is 12.1 Å². The number of β-amino-alcohol motifs (C(OH)–C–C–N with tert-alkyl or cyclic N) is 1. The predicted molar refractivity (Wildman–Crippen MR) is 67.7 cm³/mol. The highest BCUT2D eigenvalue weighted by molar-refractivity contribution is 7.12. The Morgan fingerprint density at radius 1 is 1.62 bits per heavy atom. The molecule has 1 saturated heterocycles. The summed E-state index contributed by atoms with van der Waals surface area (Å²) in [5.74, 6) is 0. The summed E-state index contributed by atoms with van der Waals surface area (Å²) in [4.78, 5) is 4.97. The van der Waals surface area contributed by atoms with E-state index in [0.29, 0.717) is 6.54 Å². The van der Waals surface area contributed by atoms with E-state index >= 15 is 0 Å². The maximum Gasteiger partial charge on any atom is 0.0667 e. The van der Waals surface area contributed by atoms with E-state index in [1.165, 1.54) is 9.75 Å². The van der Waals surface area contributed by atoms with Crippen LogP contribution in [0.4, 0.5) is 0 Å². The van der Waals surface area contributed by atoms with Crippen LogP contribution in [0.1, 0.15) is 28.6 Å². The van der Waals surface area contributed by atoms with Gasteiger partial charge in [0.2, 0.25) is 0 Å². The van der Waals surface area contributed by atoms with E-state index in [4.69, 9.17) is 5.73 Å². The van der Waals surface area contributed by atoms with E-state index in [9.17, 15) is 5.11 Å². The van der Waals surface area contributed by atoms with Crippen LogP contribution in [0, 0.1) is 6.92 Å². The summed E-state index contributed by atoms with van der Waals surface area (Å²) < 4.78 is 0. The molecule has 0 bridgehead atoms. The zero-order chi connectivity index (χ0) is 11.5. The molecule has 0 saturated carbocycles. The Labute approximate surface area is 101 Å². The molecule has 16 heavy (non-hydrogen) atoms. The average molecular weight is 240 g/mol. The summed E-state index contributed by atoms with van der Waals surface area (Å²) in [6, 6.07) is 4.59. The fourth-order valence-electron chi connectivity index (χ4n) is 2.34. The first-order valence-corrected chi connectivity index (χ1v) is 6.71. The lowest BCUT2D eigenvalue weighted by atomic mass is 10.1. The normalized spacial score (nSPS) is 24.6. The van der Waals surface area contributed by atoms with Crippen molar-refractivity contribution in [2.45, 2.75) is 31.9 Å². The molecule has 3 N–H and O–H groups in total. The molecule has 0 spiro atoms. The lowest BCUT2D eigenvalue weighted by Gasteiger charge is -2.35. The summed E-state index contributed by atoms with van der Waals surface area (Å²) >= 11 is 1.81. The van der Waals surface area contributed by atoms with Gasteiger partial charge in [0, 0.05) is 22.8 Å². The van der Waals surface area contributed by atoms with Crippen molar-refractivity contribution in [3.8, 4) is 0 Å². The van der Waals surface area contributed by atoms with Crippen LogP contribution in [0.15, 0.2) is 12.1 Å². The molecule has 2 heterocycles. The number of nitrogens with two attached hydrogens (primary N) is 1. The van der Waals surface area contributed by atoms with Crippen molar-refractivity contribution in [2.75, 3.05) is 19.6 Å². The standard InChI is InChI=1S/C12H20N2OS/c1-9-4-5-12(16-9)11(7-13)14-6-2-3-10(15)8-14/h4-5,10-11,15H,2-3,6-8,13H2,1H3. The molecule has 1 aromatic rings. The second-order valence-electron chi connectivity index (χ2n) is 4.49. The van der Waals surface area contributed by atoms with E-state index in [-0.39, 0.29) is 12.1 Å². The van der Waals surface area contributed by atoms with Crippen molar-refractivity contribution in [1.29, 1.82) is 0 Å². The molecule has 0 amide bonds. The fraction of sp³-hybridized carbons (Fsp3) is 0.667. The van der Waals surface area contributed by atoms with E-state index in [2.05, 4.69) is 24.0 Å². The summed E-state index contributed by atoms with van der Waals surface area (Å²) in [5.41, 5.74) is 5.87. The van der Waals surface area contributed by atoms with Crippen LogP contribution in [0.3, 0.4) is 0 Å². The third kappa shape index (κ3) is 2.63. The van der Waals surface area contributed by atoms with Gasteiger partial charge in [0.1, 0.15) is 0 Å². The van der Waals surface area contributed by atoms with Gasteiger partial charge >= 0.3 is 0 Å². The van der Waals surface area contributed by atoms with Gasteiger partial charge in [0.25, 0.3) is 0 Å². The van der Waals surface area contributed by atoms with Gasteiger partial charge in [-0.3, -0.25) is 4.90 Å². The number of aliphatic hydroxyl groups excluding tert-OH is 1. The van der Waals surface area contributed by atoms with Crippen LogP contribution in [0.5, 0.6) is 0 Å². The number of rotatable bonds is 3. The van der Waals surface area contributed by atoms with Crippen molar-refractivity contribution >= 4 is 11.3 Å². The van der Waals surface area contributed by atoms with Crippen molar-refractivity contribution in [3.63, 3.8) is 0 Å². The number of likely N-dealkylation sites (tertiary alicyclic amines) is 1. The Kier molecular flexibility index (Phi) is 3.97. The molecule has 0 aliphatic carbocycles. The Morgan fingerprint density at radius 2 is 2.44 bits per heavy atom. The molecule has 2 unspecified atom stereocenters. The van der Waals surface area contributed by atoms with Crippen molar-refractivity contribution in [2.24, 2.45) is 5.73 Å². The third-order valence-electron chi connectivity index (χ3n) is 3.18. The Morgan fingerprint density at radius 3 is 3.00 bits per heavy atom. The zero-order valence-electron chi connectivity index (χ0n) is 9.72. The SMILES string of the molecule is Cc1ccc(C(CN)N2CCCC(O)C2)s1. The highest BCUT2D eigenvalue weighted by Crippen LogP contribution is 2.29. The quantitative estimate of drug-likeness (QED) is 0.842. The second kappa shape index (κ2) is 5.27.